The Morgan fingerprint density at radius 3 is 1.53 bits per heavy atom. The van der Waals surface area contributed by atoms with Gasteiger partial charge in [-0.15, -0.1) is 0 Å². The number of hydrogen-bond acceptors (Lipinski definition) is 1. The highest BCUT2D eigenvalue weighted by molar-refractivity contribution is 7.99. The predicted molar refractivity (Wildman–Crippen MR) is 117 cm³/mol. The Kier molecular flexibility index (Phi) is 6.21. The number of alkyl halides is 3. The average molecular weight is 440 g/mol. The molecule has 150 valence electrons. The molecule has 0 unspecified atom stereocenters. The summed E-state index contributed by atoms with van der Waals surface area (Å²) in [6, 6.07) is 34.0. The first-order valence-corrected chi connectivity index (χ1v) is 11.3. The van der Waals surface area contributed by atoms with Crippen LogP contribution >= 0.6 is 11.8 Å². The fourth-order valence-electron chi connectivity index (χ4n) is 3.08. The Bertz CT molecular complexity index is 1050. The van der Waals surface area contributed by atoms with Crippen LogP contribution in [0.5, 0.6) is 0 Å². The summed E-state index contributed by atoms with van der Waals surface area (Å²) in [6.07, 6.45) is -4.36. The maximum Gasteiger partial charge on any atom is 0.417 e. The van der Waals surface area contributed by atoms with E-state index in [-0.39, 0.29) is 15.8 Å². The molecule has 0 saturated carbocycles. The van der Waals surface area contributed by atoms with Crippen molar-refractivity contribution in [1.82, 2.24) is 0 Å². The highest BCUT2D eigenvalue weighted by atomic mass is 32.2. The predicted octanol–water partition coefficient (Wildman–Crippen LogP) is 7.95. The molecule has 0 aliphatic rings. The lowest BCUT2D eigenvalue weighted by Crippen LogP contribution is -2.06. The third-order valence-electron chi connectivity index (χ3n) is 4.44. The summed E-state index contributed by atoms with van der Waals surface area (Å²) >= 11 is 1.14. The second-order valence-electron chi connectivity index (χ2n) is 6.50. The Balaban J connectivity index is 1.66. The molecule has 4 aromatic carbocycles. The molecule has 0 N–H and O–H groups in total. The highest BCUT2D eigenvalue weighted by Gasteiger charge is 2.33. The zero-order chi connectivity index (χ0) is 21.0. The van der Waals surface area contributed by atoms with Crippen LogP contribution in [0.2, 0.25) is 0 Å². The van der Waals surface area contributed by atoms with Gasteiger partial charge in [-0.2, -0.15) is 13.2 Å². The van der Waals surface area contributed by atoms with E-state index >= 15 is 0 Å². The van der Waals surface area contributed by atoms with Crippen molar-refractivity contribution in [2.24, 2.45) is 0 Å². The minimum Gasteiger partial charge on any atom is -0.166 e. The average Bonchev–Trinajstić information content (AvgIpc) is 2.76. The van der Waals surface area contributed by atoms with Gasteiger partial charge >= 0.3 is 6.18 Å². The molecule has 0 amide bonds. The summed E-state index contributed by atoms with van der Waals surface area (Å²) in [7, 11) is -0.277. The van der Waals surface area contributed by atoms with Gasteiger partial charge in [0.05, 0.1) is 16.5 Å². The van der Waals surface area contributed by atoms with Gasteiger partial charge in [-0.1, -0.05) is 60.3 Å². The molecule has 0 nitrogen and oxygen atoms in total. The standard InChI is InChI=1S/C25H18F3S2/c26-25(27,28)23-13-7-8-14-24(23)29-19-15-17-22(18-16-19)30(20-9-3-1-4-10-20)21-11-5-2-6-12-21/h1-18H/q+1. The smallest absolute Gasteiger partial charge is 0.166 e. The topological polar surface area (TPSA) is 0 Å². The first-order valence-electron chi connectivity index (χ1n) is 9.31. The largest absolute Gasteiger partial charge is 0.417 e. The van der Waals surface area contributed by atoms with Crippen molar-refractivity contribution in [1.29, 1.82) is 0 Å². The van der Waals surface area contributed by atoms with Crippen LogP contribution in [0.1, 0.15) is 5.56 Å². The van der Waals surface area contributed by atoms with Crippen molar-refractivity contribution in [2.75, 3.05) is 0 Å². The summed E-state index contributed by atoms with van der Waals surface area (Å²) in [4.78, 5) is 4.52. The molecule has 4 aromatic rings. The highest BCUT2D eigenvalue weighted by Crippen LogP contribution is 2.40. The van der Waals surface area contributed by atoms with E-state index in [1.54, 1.807) is 6.07 Å². The zero-order valence-corrected chi connectivity index (χ0v) is 17.5. The monoisotopic (exact) mass is 439 g/mol. The van der Waals surface area contributed by atoms with Crippen molar-refractivity contribution < 1.29 is 13.2 Å². The molecule has 0 bridgehead atoms. The lowest BCUT2D eigenvalue weighted by Gasteiger charge is -2.12. The Hall–Kier alpha value is -2.63. The van der Waals surface area contributed by atoms with Gasteiger partial charge < -0.3 is 0 Å². The number of halogens is 3. The summed E-state index contributed by atoms with van der Waals surface area (Å²) in [5, 5.41) is 0. The summed E-state index contributed by atoms with van der Waals surface area (Å²) in [5.74, 6) is 0. The fraction of sp³-hybridized carbons (Fsp3) is 0.0400. The Morgan fingerprint density at radius 2 is 1.00 bits per heavy atom. The van der Waals surface area contributed by atoms with Gasteiger partial charge in [0, 0.05) is 9.79 Å². The fourth-order valence-corrected chi connectivity index (χ4v) is 6.13. The number of hydrogen-bond donors (Lipinski definition) is 0. The van der Waals surface area contributed by atoms with Crippen LogP contribution in [0.15, 0.2) is 134 Å². The quantitative estimate of drug-likeness (QED) is 0.284. The van der Waals surface area contributed by atoms with Crippen molar-refractivity contribution >= 4 is 22.7 Å². The molecule has 0 saturated heterocycles. The molecule has 0 aliphatic heterocycles. The van der Waals surface area contributed by atoms with E-state index in [1.807, 2.05) is 60.7 Å². The van der Waals surface area contributed by atoms with E-state index in [0.717, 1.165) is 27.6 Å². The third-order valence-corrected chi connectivity index (χ3v) is 7.75. The zero-order valence-electron chi connectivity index (χ0n) is 15.8. The van der Waals surface area contributed by atoms with Gasteiger partial charge in [-0.05, 0) is 60.7 Å². The van der Waals surface area contributed by atoms with E-state index in [1.165, 1.54) is 21.9 Å². The van der Waals surface area contributed by atoms with Crippen LogP contribution in [0.4, 0.5) is 13.2 Å². The summed E-state index contributed by atoms with van der Waals surface area (Å²) in [6.45, 7) is 0. The number of benzene rings is 4. The first-order chi connectivity index (χ1) is 14.5. The maximum atomic E-state index is 13.3. The first kappa shape index (κ1) is 20.6. The molecule has 0 heterocycles. The Morgan fingerprint density at radius 1 is 0.533 bits per heavy atom. The minimum absolute atomic E-state index is 0.211. The SMILES string of the molecule is FC(F)(F)c1ccccc1Sc1ccc([S+](c2ccccc2)c2ccccc2)cc1. The summed E-state index contributed by atoms with van der Waals surface area (Å²) < 4.78 is 39.9. The molecule has 0 aromatic heterocycles. The molecule has 0 fully saturated rings. The van der Waals surface area contributed by atoms with Gasteiger partial charge in [0.1, 0.15) is 0 Å². The van der Waals surface area contributed by atoms with Crippen LogP contribution < -0.4 is 0 Å². The van der Waals surface area contributed by atoms with Gasteiger partial charge in [0.25, 0.3) is 0 Å². The molecule has 0 spiro atoms. The van der Waals surface area contributed by atoms with Crippen molar-refractivity contribution in [3.63, 3.8) is 0 Å². The van der Waals surface area contributed by atoms with Crippen LogP contribution in [-0.4, -0.2) is 0 Å². The molecule has 30 heavy (non-hydrogen) atoms. The second kappa shape index (κ2) is 9.02. The lowest BCUT2D eigenvalue weighted by molar-refractivity contribution is -0.139. The molecule has 0 radical (unpaired) electrons. The molecular weight excluding hydrogens is 421 g/mol. The minimum atomic E-state index is -4.36. The van der Waals surface area contributed by atoms with E-state index in [2.05, 4.69) is 24.3 Å². The van der Waals surface area contributed by atoms with Crippen LogP contribution in [-0.2, 0) is 17.1 Å². The lowest BCUT2D eigenvalue weighted by atomic mass is 10.2. The van der Waals surface area contributed by atoms with Gasteiger partial charge in [0.2, 0.25) is 0 Å². The maximum absolute atomic E-state index is 13.3. The number of rotatable bonds is 5. The summed E-state index contributed by atoms with van der Waals surface area (Å²) in [5.41, 5.74) is -0.604. The van der Waals surface area contributed by atoms with E-state index in [4.69, 9.17) is 0 Å². The van der Waals surface area contributed by atoms with Crippen LogP contribution in [0.3, 0.4) is 0 Å². The second-order valence-corrected chi connectivity index (χ2v) is 9.64. The molecular formula is C25H18F3S2+. The van der Waals surface area contributed by atoms with Gasteiger partial charge in [-0.25, -0.2) is 0 Å². The molecule has 0 atom stereocenters. The van der Waals surface area contributed by atoms with Gasteiger partial charge in [0.15, 0.2) is 14.7 Å². The molecule has 4 rings (SSSR count). The van der Waals surface area contributed by atoms with Crippen molar-refractivity contribution in [2.45, 2.75) is 30.7 Å². The molecule has 5 heteroatoms. The van der Waals surface area contributed by atoms with E-state index < -0.39 is 11.7 Å². The molecule has 0 aliphatic carbocycles. The van der Waals surface area contributed by atoms with Crippen LogP contribution in [0, 0.1) is 0 Å². The van der Waals surface area contributed by atoms with E-state index in [9.17, 15) is 13.2 Å². The van der Waals surface area contributed by atoms with Crippen LogP contribution in [0.25, 0.3) is 0 Å². The normalized spacial score (nSPS) is 11.6. The van der Waals surface area contributed by atoms with E-state index in [0.29, 0.717) is 0 Å². The van der Waals surface area contributed by atoms with Crippen molar-refractivity contribution in [3.05, 3.63) is 115 Å². The van der Waals surface area contributed by atoms with Crippen molar-refractivity contribution in [3.8, 4) is 0 Å². The third kappa shape index (κ3) is 4.74. The van der Waals surface area contributed by atoms with Gasteiger partial charge in [-0.3, -0.25) is 0 Å². The Labute approximate surface area is 181 Å².